The van der Waals surface area contributed by atoms with Gasteiger partial charge in [-0.2, -0.15) is 5.26 Å². The number of nitriles is 1. The third-order valence-corrected chi connectivity index (χ3v) is 3.05. The zero-order valence-corrected chi connectivity index (χ0v) is 7.02. The van der Waals surface area contributed by atoms with Crippen LogP contribution in [0.4, 0.5) is 0 Å². The van der Waals surface area contributed by atoms with Gasteiger partial charge in [-0.25, -0.2) is 0 Å². The molecule has 2 heterocycles. The molecule has 60 valence electrons. The Labute approximate surface area is 73.3 Å². The maximum atomic E-state index is 11.3. The van der Waals surface area contributed by atoms with Gasteiger partial charge in [-0.1, -0.05) is 0 Å². The smallest absolute Gasteiger partial charge is 0.177 e. The van der Waals surface area contributed by atoms with Crippen LogP contribution in [0.15, 0.2) is 34.5 Å². The molecule has 2 aliphatic heterocycles. The molecule has 0 amide bonds. The van der Waals surface area contributed by atoms with Crippen LogP contribution in [0.1, 0.15) is 0 Å². The molecule has 0 fully saturated rings. The molecule has 0 aliphatic carbocycles. The first-order valence-corrected chi connectivity index (χ1v) is 4.80. The van der Waals surface area contributed by atoms with Gasteiger partial charge in [-0.05, 0) is 17.3 Å². The van der Waals surface area contributed by atoms with Crippen LogP contribution in [0.5, 0.6) is 0 Å². The van der Waals surface area contributed by atoms with Gasteiger partial charge in [0.05, 0.1) is 11.3 Å². The van der Waals surface area contributed by atoms with Gasteiger partial charge in [-0.3, -0.25) is 0 Å². The van der Waals surface area contributed by atoms with Crippen molar-refractivity contribution < 1.29 is 4.55 Å². The van der Waals surface area contributed by atoms with E-state index in [9.17, 15) is 4.55 Å². The van der Waals surface area contributed by atoms with Crippen LogP contribution in [-0.2, 0) is 11.2 Å². The summed E-state index contributed by atoms with van der Waals surface area (Å²) in [7, 11) is 0. The number of hydrogen-bond donors (Lipinski definition) is 1. The Hall–Kier alpha value is -1.18. The first-order chi connectivity index (χ1) is 5.81. The lowest BCUT2D eigenvalue weighted by molar-refractivity contribution is 0.605. The minimum atomic E-state index is -0.948. The fourth-order valence-electron chi connectivity index (χ4n) is 1.15. The van der Waals surface area contributed by atoms with E-state index < -0.39 is 11.2 Å². The van der Waals surface area contributed by atoms with E-state index in [1.165, 1.54) is 0 Å². The fraction of sp³-hybridized carbons (Fsp3) is 0.125. The predicted octanol–water partition coefficient (Wildman–Crippen LogP) is 0.527. The van der Waals surface area contributed by atoms with Crippen molar-refractivity contribution in [3.05, 3.63) is 34.5 Å². The molecule has 0 radical (unpaired) electrons. The van der Waals surface area contributed by atoms with E-state index in [2.05, 4.69) is 5.32 Å². The lowest BCUT2D eigenvalue weighted by atomic mass is 10.2. The Morgan fingerprint density at radius 1 is 1.67 bits per heavy atom. The second-order valence-corrected chi connectivity index (χ2v) is 3.96. The SMILES string of the molecule is N#CC1=CNC2=CC[S+]([O-])C2=C1. The number of nitrogens with one attached hydrogen (secondary N) is 1. The lowest BCUT2D eigenvalue weighted by Gasteiger charge is -2.11. The van der Waals surface area contributed by atoms with Crippen LogP contribution in [0.3, 0.4) is 0 Å². The van der Waals surface area contributed by atoms with Crippen LogP contribution in [0, 0.1) is 11.3 Å². The molecule has 0 spiro atoms. The quantitative estimate of drug-likeness (QED) is 0.550. The van der Waals surface area contributed by atoms with Crippen molar-refractivity contribution in [2.45, 2.75) is 0 Å². The third kappa shape index (κ3) is 1.04. The summed E-state index contributed by atoms with van der Waals surface area (Å²) >= 11 is -0.948. The van der Waals surface area contributed by atoms with Crippen molar-refractivity contribution in [1.82, 2.24) is 5.32 Å². The summed E-state index contributed by atoms with van der Waals surface area (Å²) in [4.78, 5) is 0.744. The van der Waals surface area contributed by atoms with Gasteiger partial charge >= 0.3 is 0 Å². The van der Waals surface area contributed by atoms with E-state index in [-0.39, 0.29) is 0 Å². The summed E-state index contributed by atoms with van der Waals surface area (Å²) in [5, 5.41) is 11.5. The molecule has 0 saturated heterocycles. The lowest BCUT2D eigenvalue weighted by Crippen LogP contribution is -2.13. The summed E-state index contributed by atoms with van der Waals surface area (Å²) in [5.74, 6) is 0.556. The molecule has 0 bridgehead atoms. The largest absolute Gasteiger partial charge is 0.611 e. The highest BCUT2D eigenvalue weighted by Gasteiger charge is 2.27. The summed E-state index contributed by atoms with van der Waals surface area (Å²) in [5.41, 5.74) is 1.41. The minimum Gasteiger partial charge on any atom is -0.611 e. The topological polar surface area (TPSA) is 58.9 Å². The molecular weight excluding hydrogens is 172 g/mol. The number of rotatable bonds is 0. The van der Waals surface area contributed by atoms with E-state index in [1.807, 2.05) is 12.1 Å². The first kappa shape index (κ1) is 7.47. The number of dihydropyridines is 1. The van der Waals surface area contributed by atoms with Crippen molar-refractivity contribution in [3.8, 4) is 6.07 Å². The van der Waals surface area contributed by atoms with Crippen molar-refractivity contribution in [2.24, 2.45) is 0 Å². The number of hydrogen-bond acceptors (Lipinski definition) is 3. The van der Waals surface area contributed by atoms with Crippen LogP contribution < -0.4 is 5.32 Å². The van der Waals surface area contributed by atoms with Gasteiger partial charge in [0.25, 0.3) is 0 Å². The molecule has 2 rings (SSSR count). The first-order valence-electron chi connectivity index (χ1n) is 3.48. The highest BCUT2D eigenvalue weighted by atomic mass is 32.2. The van der Waals surface area contributed by atoms with Crippen LogP contribution in [0.25, 0.3) is 0 Å². The molecule has 1 unspecified atom stereocenters. The van der Waals surface area contributed by atoms with Crippen molar-refractivity contribution >= 4 is 11.2 Å². The van der Waals surface area contributed by atoms with Crippen LogP contribution >= 0.6 is 0 Å². The van der Waals surface area contributed by atoms with Crippen molar-refractivity contribution in [1.29, 1.82) is 5.26 Å². The van der Waals surface area contributed by atoms with Crippen molar-refractivity contribution in [2.75, 3.05) is 5.75 Å². The van der Waals surface area contributed by atoms with Crippen LogP contribution in [0.2, 0.25) is 0 Å². The summed E-state index contributed by atoms with van der Waals surface area (Å²) in [6, 6.07) is 2.00. The highest BCUT2D eigenvalue weighted by Crippen LogP contribution is 2.27. The maximum absolute atomic E-state index is 11.3. The second kappa shape index (κ2) is 2.70. The molecule has 1 atom stereocenters. The van der Waals surface area contributed by atoms with E-state index >= 15 is 0 Å². The fourth-order valence-corrected chi connectivity index (χ4v) is 2.29. The molecule has 0 aromatic rings. The van der Waals surface area contributed by atoms with Gasteiger partial charge in [0.2, 0.25) is 0 Å². The van der Waals surface area contributed by atoms with Gasteiger partial charge in [0.1, 0.15) is 11.8 Å². The zero-order valence-electron chi connectivity index (χ0n) is 6.20. The standard InChI is InChI=1S/C8H6N2OS/c9-4-6-3-8-7(10-5-6)1-2-12(8)11/h1,3,5,10H,2H2. The minimum absolute atomic E-state index is 0.525. The molecule has 0 saturated carbocycles. The molecular formula is C8H6N2OS. The Morgan fingerprint density at radius 2 is 2.50 bits per heavy atom. The Balaban J connectivity index is 2.37. The van der Waals surface area contributed by atoms with Gasteiger partial charge in [0, 0.05) is 12.3 Å². The van der Waals surface area contributed by atoms with E-state index in [0.29, 0.717) is 11.3 Å². The number of fused-ring (bicyclic) bond motifs is 1. The van der Waals surface area contributed by atoms with Crippen molar-refractivity contribution in [3.63, 3.8) is 0 Å². The highest BCUT2D eigenvalue weighted by molar-refractivity contribution is 7.96. The summed E-state index contributed by atoms with van der Waals surface area (Å²) < 4.78 is 11.3. The Bertz CT molecular complexity index is 349. The number of nitrogens with zero attached hydrogens (tertiary/aromatic N) is 1. The maximum Gasteiger partial charge on any atom is 0.177 e. The predicted molar refractivity (Wildman–Crippen MR) is 46.0 cm³/mol. The molecule has 12 heavy (non-hydrogen) atoms. The summed E-state index contributed by atoms with van der Waals surface area (Å²) in [6.07, 6.45) is 5.18. The molecule has 1 N–H and O–H groups in total. The Morgan fingerprint density at radius 3 is 3.25 bits per heavy atom. The normalized spacial score (nSPS) is 26.0. The van der Waals surface area contributed by atoms with Gasteiger partial charge < -0.3 is 9.87 Å². The molecule has 2 aliphatic rings. The third-order valence-electron chi connectivity index (χ3n) is 1.75. The zero-order chi connectivity index (χ0) is 8.55. The van der Waals surface area contributed by atoms with Crippen LogP contribution in [-0.4, -0.2) is 10.3 Å². The molecule has 4 heteroatoms. The molecule has 3 nitrogen and oxygen atoms in total. The van der Waals surface area contributed by atoms with E-state index in [4.69, 9.17) is 5.26 Å². The Kier molecular flexibility index (Phi) is 1.68. The summed E-state index contributed by atoms with van der Waals surface area (Å²) in [6.45, 7) is 0. The van der Waals surface area contributed by atoms with E-state index in [0.717, 1.165) is 10.6 Å². The van der Waals surface area contributed by atoms with Gasteiger partial charge in [-0.15, -0.1) is 0 Å². The second-order valence-electron chi connectivity index (χ2n) is 2.49. The molecule has 0 aromatic carbocycles. The van der Waals surface area contributed by atoms with Gasteiger partial charge in [0.15, 0.2) is 4.91 Å². The average Bonchev–Trinajstić information content (AvgIpc) is 2.47. The number of allylic oxidation sites excluding steroid dienone is 2. The van der Waals surface area contributed by atoms with E-state index in [1.54, 1.807) is 12.3 Å². The monoisotopic (exact) mass is 178 g/mol. The molecule has 0 aromatic heterocycles. The average molecular weight is 178 g/mol.